The Morgan fingerprint density at radius 3 is 2.55 bits per heavy atom. The summed E-state index contributed by atoms with van der Waals surface area (Å²) in [6.45, 7) is 5.75. The predicted octanol–water partition coefficient (Wildman–Crippen LogP) is 3.01. The van der Waals surface area contributed by atoms with E-state index in [2.05, 4.69) is 6.92 Å². The van der Waals surface area contributed by atoms with Gasteiger partial charge in [0.15, 0.2) is 5.78 Å². The Hall–Kier alpha value is -0.240. The average Bonchev–Trinajstić information content (AvgIpc) is 1.86. The molecule has 0 rings (SSSR count). The van der Waals surface area contributed by atoms with Gasteiger partial charge >= 0.3 is 0 Å². The summed E-state index contributed by atoms with van der Waals surface area (Å²) in [5, 5.41) is 0. The van der Waals surface area contributed by atoms with Gasteiger partial charge < -0.3 is 0 Å². The monoisotopic (exact) mass is 172 g/mol. The predicted molar refractivity (Wildman–Crippen MR) is 51.8 cm³/mol. The lowest BCUT2D eigenvalue weighted by Crippen LogP contribution is -1.84. The molecule has 64 valence electrons. The van der Waals surface area contributed by atoms with Crippen LogP contribution in [0.25, 0.3) is 0 Å². The van der Waals surface area contributed by atoms with Crippen molar-refractivity contribution in [2.24, 2.45) is 0 Å². The second-order valence-corrected chi connectivity index (χ2v) is 3.91. The quantitative estimate of drug-likeness (QED) is 0.468. The van der Waals surface area contributed by atoms with Crippen LogP contribution in [0.2, 0.25) is 0 Å². The smallest absolute Gasteiger partial charge is 0.153 e. The normalized spacial score (nSPS) is 11.7. The third-order valence-electron chi connectivity index (χ3n) is 1.23. The lowest BCUT2D eigenvalue weighted by Gasteiger charge is -1.97. The van der Waals surface area contributed by atoms with E-state index in [-0.39, 0.29) is 5.78 Å². The number of carbonyl (C=O) groups is 1. The molecule has 0 fully saturated rings. The largest absolute Gasteiger partial charge is 0.295 e. The molecule has 0 heterocycles. The molecule has 0 amide bonds. The lowest BCUT2D eigenvalue weighted by molar-refractivity contribution is -0.112. The SMILES string of the molecule is CCCCSC(C)=CC(C)=O. The van der Waals surface area contributed by atoms with Crippen LogP contribution < -0.4 is 0 Å². The van der Waals surface area contributed by atoms with Crippen molar-refractivity contribution >= 4 is 17.5 Å². The minimum Gasteiger partial charge on any atom is -0.295 e. The number of ketones is 1. The Morgan fingerprint density at radius 2 is 2.09 bits per heavy atom. The summed E-state index contributed by atoms with van der Waals surface area (Å²) in [6, 6.07) is 0. The highest BCUT2D eigenvalue weighted by Crippen LogP contribution is 2.15. The Bertz CT molecular complexity index is 150. The van der Waals surface area contributed by atoms with Crippen LogP contribution in [0.1, 0.15) is 33.6 Å². The molecule has 11 heavy (non-hydrogen) atoms. The van der Waals surface area contributed by atoms with Crippen molar-refractivity contribution in [1.29, 1.82) is 0 Å². The van der Waals surface area contributed by atoms with Crippen molar-refractivity contribution in [2.45, 2.75) is 33.6 Å². The second kappa shape index (κ2) is 6.47. The van der Waals surface area contributed by atoms with Crippen LogP contribution in [0, 0.1) is 0 Å². The molecular formula is C9H16OS. The highest BCUT2D eigenvalue weighted by molar-refractivity contribution is 8.03. The van der Waals surface area contributed by atoms with Gasteiger partial charge in [0.25, 0.3) is 0 Å². The minimum atomic E-state index is 0.145. The number of allylic oxidation sites excluding steroid dienone is 2. The molecule has 2 heteroatoms. The molecule has 0 saturated heterocycles. The summed E-state index contributed by atoms with van der Waals surface area (Å²) in [5.74, 6) is 1.28. The Morgan fingerprint density at radius 1 is 1.45 bits per heavy atom. The molecule has 0 unspecified atom stereocenters. The van der Waals surface area contributed by atoms with Crippen LogP contribution in [0.4, 0.5) is 0 Å². The van der Waals surface area contributed by atoms with Gasteiger partial charge in [-0.2, -0.15) is 0 Å². The molecule has 0 aliphatic carbocycles. The van der Waals surface area contributed by atoms with Crippen LogP contribution in [-0.2, 0) is 4.79 Å². The van der Waals surface area contributed by atoms with E-state index >= 15 is 0 Å². The first-order chi connectivity index (χ1) is 5.16. The van der Waals surface area contributed by atoms with E-state index < -0.39 is 0 Å². The molecule has 0 atom stereocenters. The number of carbonyl (C=O) groups excluding carboxylic acids is 1. The molecule has 0 spiro atoms. The van der Waals surface area contributed by atoms with E-state index in [1.165, 1.54) is 12.8 Å². The van der Waals surface area contributed by atoms with Gasteiger partial charge in [-0.05, 0) is 37.0 Å². The molecule has 0 N–H and O–H groups in total. The van der Waals surface area contributed by atoms with Gasteiger partial charge in [0.2, 0.25) is 0 Å². The topological polar surface area (TPSA) is 17.1 Å². The molecule has 0 aliphatic heterocycles. The van der Waals surface area contributed by atoms with Crippen molar-refractivity contribution in [3.63, 3.8) is 0 Å². The van der Waals surface area contributed by atoms with E-state index in [1.807, 2.05) is 6.92 Å². The van der Waals surface area contributed by atoms with Crippen molar-refractivity contribution in [2.75, 3.05) is 5.75 Å². The maximum Gasteiger partial charge on any atom is 0.153 e. The van der Waals surface area contributed by atoms with Gasteiger partial charge in [-0.3, -0.25) is 4.79 Å². The molecule has 0 aromatic rings. The summed E-state index contributed by atoms with van der Waals surface area (Å²) >= 11 is 1.77. The van der Waals surface area contributed by atoms with Crippen molar-refractivity contribution in [1.82, 2.24) is 0 Å². The summed E-state index contributed by atoms with van der Waals surface area (Å²) in [7, 11) is 0. The number of hydrogen-bond donors (Lipinski definition) is 0. The van der Waals surface area contributed by atoms with Gasteiger partial charge in [-0.25, -0.2) is 0 Å². The molecular weight excluding hydrogens is 156 g/mol. The van der Waals surface area contributed by atoms with Crippen molar-refractivity contribution in [3.8, 4) is 0 Å². The van der Waals surface area contributed by atoms with Gasteiger partial charge in [0.05, 0.1) is 0 Å². The fourth-order valence-corrected chi connectivity index (χ4v) is 1.71. The van der Waals surface area contributed by atoms with Crippen LogP contribution >= 0.6 is 11.8 Å². The fourth-order valence-electron chi connectivity index (χ4n) is 0.705. The molecule has 0 radical (unpaired) electrons. The van der Waals surface area contributed by atoms with Gasteiger partial charge in [-0.15, -0.1) is 11.8 Å². The fraction of sp³-hybridized carbons (Fsp3) is 0.667. The third kappa shape index (κ3) is 7.66. The standard InChI is InChI=1S/C9H16OS/c1-4-5-6-11-9(3)7-8(2)10/h7H,4-6H2,1-3H3. The zero-order chi connectivity index (χ0) is 8.69. The Kier molecular flexibility index (Phi) is 6.33. The highest BCUT2D eigenvalue weighted by atomic mass is 32.2. The van der Waals surface area contributed by atoms with Gasteiger partial charge in [0, 0.05) is 0 Å². The van der Waals surface area contributed by atoms with Crippen LogP contribution in [0.3, 0.4) is 0 Å². The number of thioether (sulfide) groups is 1. The van der Waals surface area contributed by atoms with E-state index in [4.69, 9.17) is 0 Å². The second-order valence-electron chi connectivity index (χ2n) is 2.57. The maximum absolute atomic E-state index is 10.6. The summed E-state index contributed by atoms with van der Waals surface area (Å²) in [4.78, 5) is 11.7. The highest BCUT2D eigenvalue weighted by Gasteiger charge is 1.92. The van der Waals surface area contributed by atoms with E-state index in [1.54, 1.807) is 24.8 Å². The first kappa shape index (κ1) is 10.8. The van der Waals surface area contributed by atoms with Gasteiger partial charge in [-0.1, -0.05) is 13.3 Å². The molecule has 1 nitrogen and oxygen atoms in total. The van der Waals surface area contributed by atoms with Crippen molar-refractivity contribution < 1.29 is 4.79 Å². The van der Waals surface area contributed by atoms with Crippen molar-refractivity contribution in [3.05, 3.63) is 11.0 Å². The zero-order valence-corrected chi connectivity index (χ0v) is 8.33. The third-order valence-corrected chi connectivity index (χ3v) is 2.30. The number of rotatable bonds is 5. The summed E-state index contributed by atoms with van der Waals surface area (Å²) in [5.41, 5.74) is 0. The molecule has 0 saturated carbocycles. The molecule has 0 aromatic carbocycles. The average molecular weight is 172 g/mol. The Labute approximate surface area is 73.3 Å². The Balaban J connectivity index is 3.51. The number of unbranched alkanes of at least 4 members (excludes halogenated alkanes) is 1. The van der Waals surface area contributed by atoms with Gasteiger partial charge in [0.1, 0.15) is 0 Å². The van der Waals surface area contributed by atoms with E-state index in [0.29, 0.717) is 0 Å². The summed E-state index contributed by atoms with van der Waals surface area (Å²) < 4.78 is 0. The maximum atomic E-state index is 10.6. The van der Waals surface area contributed by atoms with E-state index in [0.717, 1.165) is 10.7 Å². The molecule has 0 aliphatic rings. The minimum absolute atomic E-state index is 0.145. The number of hydrogen-bond acceptors (Lipinski definition) is 2. The van der Waals surface area contributed by atoms with Crippen LogP contribution in [0.5, 0.6) is 0 Å². The molecule has 0 bridgehead atoms. The first-order valence-corrected chi connectivity index (χ1v) is 4.97. The zero-order valence-electron chi connectivity index (χ0n) is 7.52. The lowest BCUT2D eigenvalue weighted by atomic mass is 10.4. The molecule has 0 aromatic heterocycles. The van der Waals surface area contributed by atoms with Crippen LogP contribution in [-0.4, -0.2) is 11.5 Å². The van der Waals surface area contributed by atoms with E-state index in [9.17, 15) is 4.79 Å². The van der Waals surface area contributed by atoms with Crippen LogP contribution in [0.15, 0.2) is 11.0 Å². The summed E-state index contributed by atoms with van der Waals surface area (Å²) in [6.07, 6.45) is 4.15. The first-order valence-electron chi connectivity index (χ1n) is 3.98.